The normalized spacial score (nSPS) is 17.9. The van der Waals surface area contributed by atoms with Gasteiger partial charge >= 0.3 is 0 Å². The van der Waals surface area contributed by atoms with Gasteiger partial charge in [0.1, 0.15) is 0 Å². The zero-order valence-electron chi connectivity index (χ0n) is 12.6. The van der Waals surface area contributed by atoms with Crippen LogP contribution in [0, 0.1) is 12.7 Å². The Morgan fingerprint density at radius 2 is 1.75 bits per heavy atom. The molecule has 0 radical (unpaired) electrons. The number of rotatable bonds is 4. The Hall–Kier alpha value is -1.29. The van der Waals surface area contributed by atoms with Crippen molar-refractivity contribution in [3.05, 3.63) is 23.0 Å². The molecule has 3 nitrogen and oxygen atoms in total. The summed E-state index contributed by atoms with van der Waals surface area (Å²) in [5.41, 5.74) is 7.86. The first kappa shape index (κ1) is 15.1. The summed E-state index contributed by atoms with van der Waals surface area (Å²) in [5.74, 6) is 0.293. The number of ether oxygens (including phenoxy) is 2. The lowest BCUT2D eigenvalue weighted by Gasteiger charge is -2.38. The minimum absolute atomic E-state index is 0.122. The molecule has 1 fully saturated rings. The standard InChI is InChI=1S/C16H24FNO2/c1-11-12(16(10-18)7-5-4-6-8-16)9-13(17)15(20-3)14(11)19-2/h9H,4-8,10,18H2,1-3H3. The maximum atomic E-state index is 14.3. The van der Waals surface area contributed by atoms with Crippen molar-refractivity contribution in [1.82, 2.24) is 0 Å². The first-order chi connectivity index (χ1) is 9.59. The predicted molar refractivity (Wildman–Crippen MR) is 78.1 cm³/mol. The lowest BCUT2D eigenvalue weighted by molar-refractivity contribution is 0.292. The highest BCUT2D eigenvalue weighted by Gasteiger charge is 2.36. The lowest BCUT2D eigenvalue weighted by Crippen LogP contribution is -2.38. The van der Waals surface area contributed by atoms with Gasteiger partial charge in [-0.1, -0.05) is 19.3 Å². The van der Waals surface area contributed by atoms with Crippen LogP contribution in [0.25, 0.3) is 0 Å². The van der Waals surface area contributed by atoms with Gasteiger partial charge in [-0.25, -0.2) is 4.39 Å². The van der Waals surface area contributed by atoms with Gasteiger partial charge in [-0.05, 0) is 37.0 Å². The van der Waals surface area contributed by atoms with Gasteiger partial charge in [0.2, 0.25) is 0 Å². The number of hydrogen-bond acceptors (Lipinski definition) is 3. The van der Waals surface area contributed by atoms with E-state index in [-0.39, 0.29) is 17.0 Å². The average molecular weight is 281 g/mol. The van der Waals surface area contributed by atoms with Crippen molar-refractivity contribution in [3.8, 4) is 11.5 Å². The van der Waals surface area contributed by atoms with Crippen molar-refractivity contribution < 1.29 is 13.9 Å². The van der Waals surface area contributed by atoms with Gasteiger partial charge in [0.15, 0.2) is 17.3 Å². The van der Waals surface area contributed by atoms with Crippen LogP contribution in [0.4, 0.5) is 4.39 Å². The Labute approximate surface area is 120 Å². The molecule has 0 atom stereocenters. The van der Waals surface area contributed by atoms with E-state index in [1.165, 1.54) is 13.5 Å². The van der Waals surface area contributed by atoms with E-state index in [2.05, 4.69) is 0 Å². The molecule has 0 saturated heterocycles. The SMILES string of the molecule is COc1c(F)cc(C2(CN)CCCCC2)c(C)c1OC. The number of halogens is 1. The third-order valence-corrected chi connectivity index (χ3v) is 4.62. The monoisotopic (exact) mass is 281 g/mol. The molecule has 0 spiro atoms. The predicted octanol–water partition coefficient (Wildman–Crippen LogP) is 3.31. The fraction of sp³-hybridized carbons (Fsp3) is 0.625. The second-order valence-electron chi connectivity index (χ2n) is 5.64. The second-order valence-corrected chi connectivity index (χ2v) is 5.64. The Bertz CT molecular complexity index is 482. The van der Waals surface area contributed by atoms with E-state index < -0.39 is 0 Å². The lowest BCUT2D eigenvalue weighted by atomic mass is 9.68. The first-order valence-corrected chi connectivity index (χ1v) is 7.21. The fourth-order valence-corrected chi connectivity index (χ4v) is 3.50. The van der Waals surface area contributed by atoms with Crippen molar-refractivity contribution in [1.29, 1.82) is 0 Å². The zero-order valence-corrected chi connectivity index (χ0v) is 12.6. The Morgan fingerprint density at radius 3 is 2.25 bits per heavy atom. The minimum Gasteiger partial charge on any atom is -0.492 e. The van der Waals surface area contributed by atoms with Crippen LogP contribution >= 0.6 is 0 Å². The molecule has 0 bridgehead atoms. The van der Waals surface area contributed by atoms with E-state index >= 15 is 0 Å². The van der Waals surface area contributed by atoms with Crippen molar-refractivity contribution in [2.24, 2.45) is 5.73 Å². The van der Waals surface area contributed by atoms with Gasteiger partial charge in [-0.15, -0.1) is 0 Å². The molecule has 112 valence electrons. The van der Waals surface area contributed by atoms with Gasteiger partial charge in [0.25, 0.3) is 0 Å². The van der Waals surface area contributed by atoms with Crippen molar-refractivity contribution in [3.63, 3.8) is 0 Å². The van der Waals surface area contributed by atoms with E-state index in [1.54, 1.807) is 13.2 Å². The molecule has 2 rings (SSSR count). The molecule has 1 aromatic rings. The summed E-state index contributed by atoms with van der Waals surface area (Å²) < 4.78 is 24.8. The van der Waals surface area contributed by atoms with E-state index in [1.807, 2.05) is 6.92 Å². The molecular weight excluding hydrogens is 257 g/mol. The third-order valence-electron chi connectivity index (χ3n) is 4.62. The molecule has 0 aliphatic heterocycles. The van der Waals surface area contributed by atoms with Gasteiger partial charge in [0.05, 0.1) is 14.2 Å². The van der Waals surface area contributed by atoms with Crippen LogP contribution in [0.2, 0.25) is 0 Å². The molecule has 1 aliphatic carbocycles. The van der Waals surface area contributed by atoms with E-state index in [9.17, 15) is 4.39 Å². The van der Waals surface area contributed by atoms with E-state index in [4.69, 9.17) is 15.2 Å². The third kappa shape index (κ3) is 2.37. The smallest absolute Gasteiger partial charge is 0.197 e. The highest BCUT2D eigenvalue weighted by molar-refractivity contribution is 5.53. The summed E-state index contributed by atoms with van der Waals surface area (Å²) in [6.45, 7) is 2.50. The summed E-state index contributed by atoms with van der Waals surface area (Å²) >= 11 is 0. The summed E-state index contributed by atoms with van der Waals surface area (Å²) in [7, 11) is 3.00. The van der Waals surface area contributed by atoms with Crippen LogP contribution in [0.5, 0.6) is 11.5 Å². The Kier molecular flexibility index (Phi) is 4.53. The maximum absolute atomic E-state index is 14.3. The molecule has 1 saturated carbocycles. The molecule has 0 aromatic heterocycles. The number of methoxy groups -OCH3 is 2. The average Bonchev–Trinajstić information content (AvgIpc) is 2.49. The Morgan fingerprint density at radius 1 is 1.15 bits per heavy atom. The van der Waals surface area contributed by atoms with Gasteiger partial charge in [-0.2, -0.15) is 0 Å². The van der Waals surface area contributed by atoms with Crippen LogP contribution in [0.1, 0.15) is 43.2 Å². The minimum atomic E-state index is -0.372. The van der Waals surface area contributed by atoms with Gasteiger partial charge < -0.3 is 15.2 Å². The highest BCUT2D eigenvalue weighted by Crippen LogP contribution is 2.45. The molecule has 1 aliphatic rings. The van der Waals surface area contributed by atoms with Crippen LogP contribution in [0.3, 0.4) is 0 Å². The summed E-state index contributed by atoms with van der Waals surface area (Å²) in [5, 5.41) is 0. The number of hydrogen-bond donors (Lipinski definition) is 1. The van der Waals surface area contributed by atoms with Crippen molar-refractivity contribution >= 4 is 0 Å². The van der Waals surface area contributed by atoms with Crippen LogP contribution in [-0.4, -0.2) is 20.8 Å². The first-order valence-electron chi connectivity index (χ1n) is 7.21. The van der Waals surface area contributed by atoms with Gasteiger partial charge in [0, 0.05) is 12.0 Å². The van der Waals surface area contributed by atoms with Crippen LogP contribution in [0.15, 0.2) is 6.07 Å². The van der Waals surface area contributed by atoms with Crippen molar-refractivity contribution in [2.75, 3.05) is 20.8 Å². The zero-order chi connectivity index (χ0) is 14.8. The highest BCUT2D eigenvalue weighted by atomic mass is 19.1. The van der Waals surface area contributed by atoms with E-state index in [0.717, 1.165) is 36.8 Å². The molecular formula is C16H24FNO2. The fourth-order valence-electron chi connectivity index (χ4n) is 3.50. The van der Waals surface area contributed by atoms with E-state index in [0.29, 0.717) is 12.3 Å². The Balaban J connectivity index is 2.58. The summed E-state index contributed by atoms with van der Waals surface area (Å²) in [4.78, 5) is 0. The van der Waals surface area contributed by atoms with Crippen LogP contribution < -0.4 is 15.2 Å². The molecule has 0 heterocycles. The molecule has 2 N–H and O–H groups in total. The van der Waals surface area contributed by atoms with Gasteiger partial charge in [-0.3, -0.25) is 0 Å². The molecule has 20 heavy (non-hydrogen) atoms. The molecule has 1 aromatic carbocycles. The molecule has 0 amide bonds. The second kappa shape index (κ2) is 6.00. The quantitative estimate of drug-likeness (QED) is 0.921. The largest absolute Gasteiger partial charge is 0.492 e. The van der Waals surface area contributed by atoms with Crippen LogP contribution in [-0.2, 0) is 5.41 Å². The molecule has 0 unspecified atom stereocenters. The summed E-state index contributed by atoms with van der Waals surface area (Å²) in [6, 6.07) is 1.59. The maximum Gasteiger partial charge on any atom is 0.197 e. The van der Waals surface area contributed by atoms with Crippen molar-refractivity contribution in [2.45, 2.75) is 44.4 Å². The molecule has 4 heteroatoms. The topological polar surface area (TPSA) is 44.5 Å². The summed E-state index contributed by atoms with van der Waals surface area (Å²) in [6.07, 6.45) is 5.55. The number of benzene rings is 1. The number of nitrogens with two attached hydrogens (primary N) is 1.